The zero-order valence-electron chi connectivity index (χ0n) is 20.1. The Morgan fingerprint density at radius 1 is 1.00 bits per heavy atom. The van der Waals surface area contributed by atoms with Crippen LogP contribution < -0.4 is 0 Å². The van der Waals surface area contributed by atoms with Crippen LogP contribution in [0.1, 0.15) is 59.7 Å². The average molecular weight is 624 g/mol. The summed E-state index contributed by atoms with van der Waals surface area (Å²) in [6.07, 6.45) is -8.43. The lowest BCUT2D eigenvalue weighted by molar-refractivity contribution is -0.139. The first-order valence-electron chi connectivity index (χ1n) is 11.2. The Hall–Kier alpha value is -1.75. The fourth-order valence-electron chi connectivity index (χ4n) is 3.83. The van der Waals surface area contributed by atoms with E-state index in [1.54, 1.807) is 6.92 Å². The first-order valence-corrected chi connectivity index (χ1v) is 14.2. The van der Waals surface area contributed by atoms with Gasteiger partial charge in [0.25, 0.3) is 0 Å². The summed E-state index contributed by atoms with van der Waals surface area (Å²) in [5, 5.41) is -0.596. The van der Waals surface area contributed by atoms with Crippen LogP contribution in [0.15, 0.2) is 36.4 Å². The molecule has 0 N–H and O–H groups in total. The predicted octanol–water partition coefficient (Wildman–Crippen LogP) is 9.06. The number of halogens is 9. The van der Waals surface area contributed by atoms with Crippen LogP contribution in [0.2, 0.25) is 15.1 Å². The molecule has 13 heteroatoms. The molecule has 0 saturated carbocycles. The van der Waals surface area contributed by atoms with Crippen LogP contribution in [0.5, 0.6) is 0 Å². The van der Waals surface area contributed by atoms with Crippen molar-refractivity contribution in [2.45, 2.75) is 45.0 Å². The Bertz CT molecular complexity index is 1280. The molecule has 0 fully saturated rings. The third-order valence-corrected chi connectivity index (χ3v) is 8.74. The van der Waals surface area contributed by atoms with E-state index in [1.165, 1.54) is 6.92 Å². The maximum Gasteiger partial charge on any atom is 0.417 e. The highest BCUT2D eigenvalue weighted by Gasteiger charge is 2.40. The molecular weight excluding hydrogens is 601 g/mol. The van der Waals surface area contributed by atoms with Gasteiger partial charge in [0.15, 0.2) is 15.6 Å². The highest BCUT2D eigenvalue weighted by Crippen LogP contribution is 2.41. The normalized spacial score (nSPS) is 14.6. The monoisotopic (exact) mass is 622 g/mol. The highest BCUT2D eigenvalue weighted by molar-refractivity contribution is 7.91. The number of sulfone groups is 1. The molecule has 3 nitrogen and oxygen atoms in total. The zero-order chi connectivity index (χ0) is 29.1. The third-order valence-electron chi connectivity index (χ3n) is 5.44. The number of alkyl halides is 6. The van der Waals surface area contributed by atoms with E-state index in [2.05, 4.69) is 0 Å². The van der Waals surface area contributed by atoms with E-state index in [1.807, 2.05) is 0 Å². The molecule has 1 unspecified atom stereocenters. The number of carbonyl (C=O) groups excluding carboxylic acids is 1. The minimum Gasteiger partial charge on any atom is -0.294 e. The topological polar surface area (TPSA) is 51.2 Å². The van der Waals surface area contributed by atoms with Gasteiger partial charge in [0.05, 0.1) is 32.3 Å². The van der Waals surface area contributed by atoms with E-state index in [9.17, 15) is 39.6 Å². The van der Waals surface area contributed by atoms with Crippen molar-refractivity contribution in [3.05, 3.63) is 73.7 Å². The number of ketones is 1. The van der Waals surface area contributed by atoms with Crippen LogP contribution in [-0.4, -0.2) is 31.9 Å². The molecule has 2 rings (SSSR count). The summed E-state index contributed by atoms with van der Waals surface area (Å²) in [4.78, 5) is 12.7. The number of hydrogen-bond acceptors (Lipinski definition) is 3. The summed E-state index contributed by atoms with van der Waals surface area (Å²) in [6, 6.07) is 4.44. The largest absolute Gasteiger partial charge is 0.417 e. The quantitative estimate of drug-likeness (QED) is 0.151. The summed E-state index contributed by atoms with van der Waals surface area (Å²) in [7, 11) is -3.46. The van der Waals surface area contributed by atoms with Crippen LogP contribution in [0, 0.1) is 5.92 Å². The predicted molar refractivity (Wildman–Crippen MR) is 138 cm³/mol. The minimum absolute atomic E-state index is 0.103. The molecule has 0 saturated heterocycles. The van der Waals surface area contributed by atoms with Gasteiger partial charge in [-0.15, -0.1) is 0 Å². The van der Waals surface area contributed by atoms with E-state index in [0.29, 0.717) is 18.6 Å². The average Bonchev–Trinajstić information content (AvgIpc) is 2.75. The summed E-state index contributed by atoms with van der Waals surface area (Å²) in [6.45, 7) is 3.11. The molecule has 0 radical (unpaired) electrons. The van der Waals surface area contributed by atoms with Crippen molar-refractivity contribution in [1.29, 1.82) is 0 Å². The van der Waals surface area contributed by atoms with Gasteiger partial charge in [0.1, 0.15) is 0 Å². The number of rotatable bonds is 10. The van der Waals surface area contributed by atoms with E-state index in [-0.39, 0.29) is 37.7 Å². The third kappa shape index (κ3) is 8.89. The van der Waals surface area contributed by atoms with Gasteiger partial charge in [-0.2, -0.15) is 26.3 Å². The second-order valence-electron chi connectivity index (χ2n) is 8.83. The second-order valence-corrected chi connectivity index (χ2v) is 12.2. The Balaban J connectivity index is 2.41. The van der Waals surface area contributed by atoms with E-state index in [4.69, 9.17) is 34.8 Å². The van der Waals surface area contributed by atoms with Crippen LogP contribution in [0.3, 0.4) is 0 Å². The second kappa shape index (κ2) is 12.6. The molecule has 0 heterocycles. The van der Waals surface area contributed by atoms with E-state index in [0.717, 1.165) is 30.3 Å². The van der Waals surface area contributed by atoms with Crippen molar-refractivity contribution < 1.29 is 39.6 Å². The summed E-state index contributed by atoms with van der Waals surface area (Å²) >= 11 is 17.5. The fraction of sp³-hybridized carbons (Fsp3) is 0.400. The summed E-state index contributed by atoms with van der Waals surface area (Å²) in [5.74, 6) is -4.38. The van der Waals surface area contributed by atoms with Gasteiger partial charge in [-0.25, -0.2) is 8.42 Å². The van der Waals surface area contributed by atoms with Gasteiger partial charge in [0, 0.05) is 17.7 Å². The van der Waals surface area contributed by atoms with Crippen LogP contribution >= 0.6 is 34.8 Å². The van der Waals surface area contributed by atoms with Crippen molar-refractivity contribution in [1.82, 2.24) is 0 Å². The molecule has 210 valence electrons. The van der Waals surface area contributed by atoms with Crippen LogP contribution in [0.4, 0.5) is 26.3 Å². The van der Waals surface area contributed by atoms with Crippen LogP contribution in [-0.2, 0) is 16.0 Å². The van der Waals surface area contributed by atoms with E-state index >= 15 is 0 Å². The molecule has 0 aliphatic heterocycles. The SMILES string of the molecule is CCCS(=O)(=O)C[C@@H](C)CC(=O)c1ccc(/C=C/C(c2cc(Cl)c(Cl)c(Cl)c2)C(F)(F)F)cc1C(F)(F)F. The Kier molecular flexibility index (Phi) is 10.8. The lowest BCUT2D eigenvalue weighted by Crippen LogP contribution is -2.21. The summed E-state index contributed by atoms with van der Waals surface area (Å²) < 4.78 is 107. The fourth-order valence-corrected chi connectivity index (χ4v) is 6.21. The van der Waals surface area contributed by atoms with E-state index < -0.39 is 57.4 Å². The van der Waals surface area contributed by atoms with Crippen molar-refractivity contribution in [2.75, 3.05) is 11.5 Å². The maximum absolute atomic E-state index is 13.8. The molecule has 2 aromatic carbocycles. The highest BCUT2D eigenvalue weighted by atomic mass is 35.5. The Labute approximate surface area is 231 Å². The first kappa shape index (κ1) is 32.5. The summed E-state index contributed by atoms with van der Waals surface area (Å²) in [5.41, 5.74) is -2.65. The number of benzene rings is 2. The van der Waals surface area contributed by atoms with Gasteiger partial charge in [0.2, 0.25) is 0 Å². The molecule has 2 aromatic rings. The van der Waals surface area contributed by atoms with Crippen molar-refractivity contribution in [3.63, 3.8) is 0 Å². The van der Waals surface area contributed by atoms with Gasteiger partial charge in [-0.3, -0.25) is 4.79 Å². The van der Waals surface area contributed by atoms with Crippen molar-refractivity contribution >= 4 is 56.5 Å². The zero-order valence-corrected chi connectivity index (χ0v) is 23.1. The molecular formula is C25H23Cl3F6O3S. The number of allylic oxidation sites excluding steroid dienone is 1. The maximum atomic E-state index is 13.8. The van der Waals surface area contributed by atoms with Gasteiger partial charge in [-0.1, -0.05) is 72.9 Å². The van der Waals surface area contributed by atoms with Gasteiger partial charge < -0.3 is 0 Å². The molecule has 0 aliphatic carbocycles. The first-order chi connectivity index (χ1) is 17.4. The molecule has 38 heavy (non-hydrogen) atoms. The molecule has 2 atom stereocenters. The van der Waals surface area contributed by atoms with Gasteiger partial charge >= 0.3 is 12.4 Å². The smallest absolute Gasteiger partial charge is 0.294 e. The molecule has 0 aromatic heterocycles. The standard InChI is InChI=1S/C25H23Cl3F6O3S/c1-3-8-38(36,37)13-14(2)9-22(35)17-6-4-15(10-19(17)25(32,33)34)5-7-18(24(29,30)31)16-11-20(26)23(28)21(27)12-16/h4-7,10-12,14,18H,3,8-9,13H2,1-2H3/b7-5+/t14-,18?/m0/s1. The Morgan fingerprint density at radius 3 is 2.08 bits per heavy atom. The molecule has 0 bridgehead atoms. The minimum atomic E-state index is -4.99. The lowest BCUT2D eigenvalue weighted by atomic mass is 9.93. The van der Waals surface area contributed by atoms with Crippen molar-refractivity contribution in [3.8, 4) is 0 Å². The van der Waals surface area contributed by atoms with Crippen molar-refractivity contribution in [2.24, 2.45) is 5.92 Å². The molecule has 0 amide bonds. The van der Waals surface area contributed by atoms with Gasteiger partial charge in [-0.05, 0) is 41.7 Å². The number of Topliss-reactive ketones (excluding diaryl/α,β-unsaturated/α-hetero) is 1. The van der Waals surface area contributed by atoms with Crippen LogP contribution in [0.25, 0.3) is 6.08 Å². The molecule has 0 spiro atoms. The number of hydrogen-bond donors (Lipinski definition) is 0. The Morgan fingerprint density at radius 2 is 1.58 bits per heavy atom. The number of carbonyl (C=O) groups is 1. The molecule has 0 aliphatic rings. The lowest BCUT2D eigenvalue weighted by Gasteiger charge is -2.19.